The van der Waals surface area contributed by atoms with E-state index in [0.29, 0.717) is 5.56 Å². The van der Waals surface area contributed by atoms with Gasteiger partial charge in [-0.1, -0.05) is 12.1 Å². The summed E-state index contributed by atoms with van der Waals surface area (Å²) < 4.78 is 62.8. The molecule has 0 radical (unpaired) electrons. The zero-order valence-corrected chi connectivity index (χ0v) is 10.8. The van der Waals surface area contributed by atoms with Crippen LogP contribution in [0.1, 0.15) is 11.1 Å². The zero-order chi connectivity index (χ0) is 14.8. The topological polar surface area (TPSA) is 74.8 Å². The molecule has 0 atom stereocenters. The molecule has 0 saturated heterocycles. The predicted molar refractivity (Wildman–Crippen MR) is 64.1 cm³/mol. The first-order chi connectivity index (χ1) is 9.29. The molecule has 108 valence electrons. The van der Waals surface area contributed by atoms with Gasteiger partial charge in [-0.2, -0.15) is 18.3 Å². The lowest BCUT2D eigenvalue weighted by Gasteiger charge is -2.08. The fourth-order valence-corrected chi connectivity index (χ4v) is 2.39. The third-order valence-electron chi connectivity index (χ3n) is 2.51. The Balaban J connectivity index is 2.05. The standard InChI is InChI=1S/C11H10F3N3O2S/c12-11(13,14)9-3-1-8(2-4-9)7-16-20(18,19)10-5-6-15-17-10/h1-6,16H,7H2,(H,15,17). The van der Waals surface area contributed by atoms with E-state index < -0.39 is 21.8 Å². The number of hydrogen-bond donors (Lipinski definition) is 2. The number of rotatable bonds is 4. The van der Waals surface area contributed by atoms with Crippen LogP contribution in [0.3, 0.4) is 0 Å². The van der Waals surface area contributed by atoms with Gasteiger partial charge in [0, 0.05) is 6.54 Å². The molecule has 1 aromatic carbocycles. The lowest BCUT2D eigenvalue weighted by Crippen LogP contribution is -2.23. The first kappa shape index (κ1) is 14.5. The highest BCUT2D eigenvalue weighted by Gasteiger charge is 2.29. The molecule has 0 aliphatic rings. The highest BCUT2D eigenvalue weighted by molar-refractivity contribution is 7.89. The molecule has 20 heavy (non-hydrogen) atoms. The molecule has 0 amide bonds. The Morgan fingerprint density at radius 3 is 2.30 bits per heavy atom. The van der Waals surface area contributed by atoms with Crippen molar-refractivity contribution in [3.63, 3.8) is 0 Å². The van der Waals surface area contributed by atoms with Crippen LogP contribution in [0.25, 0.3) is 0 Å². The van der Waals surface area contributed by atoms with E-state index in [1.54, 1.807) is 0 Å². The van der Waals surface area contributed by atoms with Gasteiger partial charge in [-0.3, -0.25) is 5.10 Å². The molecule has 0 spiro atoms. The summed E-state index contributed by atoms with van der Waals surface area (Å²) in [4.78, 5) is 0. The Kier molecular flexibility index (Phi) is 3.82. The van der Waals surface area contributed by atoms with Crippen LogP contribution in [-0.4, -0.2) is 18.6 Å². The molecule has 1 heterocycles. The number of halogens is 3. The molecule has 2 N–H and O–H groups in total. The average molecular weight is 305 g/mol. The maximum atomic E-state index is 12.4. The Morgan fingerprint density at radius 2 is 1.80 bits per heavy atom. The van der Waals surface area contributed by atoms with E-state index in [2.05, 4.69) is 14.9 Å². The van der Waals surface area contributed by atoms with Crippen LogP contribution in [0.15, 0.2) is 41.6 Å². The Bertz CT molecular complexity index is 664. The average Bonchev–Trinajstić information content (AvgIpc) is 2.90. The van der Waals surface area contributed by atoms with Crippen molar-refractivity contribution in [2.45, 2.75) is 17.7 Å². The number of aromatic amines is 1. The van der Waals surface area contributed by atoms with Gasteiger partial charge in [0.1, 0.15) is 0 Å². The Morgan fingerprint density at radius 1 is 1.15 bits per heavy atom. The number of nitrogens with one attached hydrogen (secondary N) is 2. The van der Waals surface area contributed by atoms with Gasteiger partial charge in [0.25, 0.3) is 10.0 Å². The van der Waals surface area contributed by atoms with Crippen molar-refractivity contribution in [2.75, 3.05) is 0 Å². The van der Waals surface area contributed by atoms with Gasteiger partial charge in [-0.05, 0) is 23.8 Å². The molecule has 2 aromatic rings. The molecule has 1 aromatic heterocycles. The van der Waals surface area contributed by atoms with Gasteiger partial charge in [0.05, 0.1) is 11.8 Å². The summed E-state index contributed by atoms with van der Waals surface area (Å²) in [5, 5.41) is 5.70. The van der Waals surface area contributed by atoms with E-state index in [9.17, 15) is 21.6 Å². The summed E-state index contributed by atoms with van der Waals surface area (Å²) in [5.41, 5.74) is -0.362. The molecule has 0 bridgehead atoms. The molecular weight excluding hydrogens is 295 g/mol. The second-order valence-electron chi connectivity index (χ2n) is 3.94. The first-order valence-corrected chi connectivity index (χ1v) is 6.92. The van der Waals surface area contributed by atoms with Crippen LogP contribution in [0.2, 0.25) is 0 Å². The van der Waals surface area contributed by atoms with Crippen LogP contribution in [-0.2, 0) is 22.7 Å². The first-order valence-electron chi connectivity index (χ1n) is 5.44. The Labute approximate surface area is 112 Å². The van der Waals surface area contributed by atoms with Crippen molar-refractivity contribution in [1.82, 2.24) is 14.9 Å². The summed E-state index contributed by atoms with van der Waals surface area (Å²) in [6.45, 7) is -0.112. The SMILES string of the molecule is O=S(=O)(NCc1ccc(C(F)(F)F)cc1)c1ccn[nH]1. The van der Waals surface area contributed by atoms with E-state index in [0.717, 1.165) is 12.1 Å². The summed E-state index contributed by atoms with van der Waals surface area (Å²) in [6.07, 6.45) is -3.12. The number of sulfonamides is 1. The smallest absolute Gasteiger partial charge is 0.266 e. The van der Waals surface area contributed by atoms with Gasteiger partial charge in [-0.15, -0.1) is 0 Å². The van der Waals surface area contributed by atoms with Crippen LogP contribution in [0, 0.1) is 0 Å². The van der Waals surface area contributed by atoms with Crippen molar-refractivity contribution >= 4 is 10.0 Å². The lowest BCUT2D eigenvalue weighted by atomic mass is 10.1. The van der Waals surface area contributed by atoms with Gasteiger partial charge in [-0.25, -0.2) is 13.1 Å². The minimum absolute atomic E-state index is 0.107. The molecule has 5 nitrogen and oxygen atoms in total. The fraction of sp³-hybridized carbons (Fsp3) is 0.182. The maximum absolute atomic E-state index is 12.4. The highest BCUT2D eigenvalue weighted by Crippen LogP contribution is 2.29. The van der Waals surface area contributed by atoms with E-state index in [-0.39, 0.29) is 11.6 Å². The molecule has 2 rings (SSSR count). The molecule has 0 unspecified atom stereocenters. The van der Waals surface area contributed by atoms with Crippen LogP contribution >= 0.6 is 0 Å². The fourth-order valence-electron chi connectivity index (χ4n) is 1.46. The van der Waals surface area contributed by atoms with Gasteiger partial charge in [0.2, 0.25) is 0 Å². The van der Waals surface area contributed by atoms with E-state index >= 15 is 0 Å². The lowest BCUT2D eigenvalue weighted by molar-refractivity contribution is -0.137. The summed E-state index contributed by atoms with van der Waals surface area (Å²) in [5.74, 6) is 0. The number of alkyl halides is 3. The second-order valence-corrected chi connectivity index (χ2v) is 5.68. The number of benzene rings is 1. The number of nitrogens with zero attached hydrogens (tertiary/aromatic N) is 1. The largest absolute Gasteiger partial charge is 0.416 e. The Hall–Kier alpha value is -1.87. The van der Waals surface area contributed by atoms with E-state index in [4.69, 9.17) is 0 Å². The van der Waals surface area contributed by atoms with E-state index in [1.807, 2.05) is 0 Å². The summed E-state index contributed by atoms with van der Waals surface area (Å²) in [7, 11) is -3.74. The van der Waals surface area contributed by atoms with Crippen LogP contribution < -0.4 is 4.72 Å². The minimum Gasteiger partial charge on any atom is -0.266 e. The van der Waals surface area contributed by atoms with E-state index in [1.165, 1.54) is 24.4 Å². The summed E-state index contributed by atoms with van der Waals surface area (Å²) >= 11 is 0. The van der Waals surface area contributed by atoms with Gasteiger partial charge >= 0.3 is 6.18 Å². The molecule has 0 fully saturated rings. The van der Waals surface area contributed by atoms with Crippen LogP contribution in [0.5, 0.6) is 0 Å². The summed E-state index contributed by atoms with van der Waals surface area (Å²) in [6, 6.07) is 5.52. The number of H-pyrrole nitrogens is 1. The maximum Gasteiger partial charge on any atom is 0.416 e. The minimum atomic E-state index is -4.41. The normalized spacial score (nSPS) is 12.6. The molecule has 0 aliphatic carbocycles. The van der Waals surface area contributed by atoms with Crippen molar-refractivity contribution < 1.29 is 21.6 Å². The number of hydrogen-bond acceptors (Lipinski definition) is 3. The van der Waals surface area contributed by atoms with Gasteiger partial charge < -0.3 is 0 Å². The van der Waals surface area contributed by atoms with Crippen LogP contribution in [0.4, 0.5) is 13.2 Å². The van der Waals surface area contributed by atoms with Crippen molar-refractivity contribution in [3.05, 3.63) is 47.7 Å². The second kappa shape index (κ2) is 5.25. The third-order valence-corrected chi connectivity index (χ3v) is 3.84. The predicted octanol–water partition coefficient (Wildman–Crippen LogP) is 1.91. The number of aromatic nitrogens is 2. The van der Waals surface area contributed by atoms with Crippen molar-refractivity contribution in [1.29, 1.82) is 0 Å². The van der Waals surface area contributed by atoms with Crippen molar-refractivity contribution in [2.24, 2.45) is 0 Å². The monoisotopic (exact) mass is 305 g/mol. The van der Waals surface area contributed by atoms with Crippen molar-refractivity contribution in [3.8, 4) is 0 Å². The molecular formula is C11H10F3N3O2S. The van der Waals surface area contributed by atoms with Gasteiger partial charge in [0.15, 0.2) is 5.03 Å². The zero-order valence-electron chi connectivity index (χ0n) is 9.98. The molecule has 0 saturated carbocycles. The quantitative estimate of drug-likeness (QED) is 0.906. The third kappa shape index (κ3) is 3.36. The highest BCUT2D eigenvalue weighted by atomic mass is 32.2. The molecule has 0 aliphatic heterocycles. The molecule has 9 heteroatoms.